The van der Waals surface area contributed by atoms with Gasteiger partial charge in [-0.15, -0.1) is 0 Å². The number of fused-ring (bicyclic) bond motifs is 3. The van der Waals surface area contributed by atoms with Crippen LogP contribution in [0, 0.1) is 12.8 Å². The van der Waals surface area contributed by atoms with E-state index in [1.54, 1.807) is 12.3 Å². The van der Waals surface area contributed by atoms with Crippen LogP contribution in [0.4, 0.5) is 0 Å². The Morgan fingerprint density at radius 2 is 2.35 bits per heavy atom. The summed E-state index contributed by atoms with van der Waals surface area (Å²) >= 11 is 0. The highest BCUT2D eigenvalue weighted by Crippen LogP contribution is 2.28. The van der Waals surface area contributed by atoms with E-state index in [1.165, 1.54) is 13.0 Å². The number of piperidine rings is 1. The van der Waals surface area contributed by atoms with Crippen molar-refractivity contribution in [3.8, 4) is 0 Å². The maximum absolute atomic E-state index is 12.3. The van der Waals surface area contributed by atoms with E-state index in [4.69, 9.17) is 4.42 Å². The summed E-state index contributed by atoms with van der Waals surface area (Å²) in [5.74, 6) is 1.36. The van der Waals surface area contributed by atoms with Crippen molar-refractivity contribution < 1.29 is 9.21 Å². The van der Waals surface area contributed by atoms with Gasteiger partial charge >= 0.3 is 0 Å². The number of pyridine rings is 1. The number of carbonyl (C=O) groups excluding carboxylic acids is 1. The van der Waals surface area contributed by atoms with Crippen LogP contribution in [0.1, 0.15) is 22.7 Å². The molecular formula is C15H17N3O2. The standard InChI is InChI=1S/C15H17N3O2/c1-9-4-11-5-12(16-6-14(11)20-9)15(19)17-13-8-18-3-2-10(13)7-18/h4-6,10,13H,2-3,7-8H2,1H3,(H,17,19). The normalized spacial score (nSPS) is 28.1. The highest BCUT2D eigenvalue weighted by molar-refractivity contribution is 5.95. The molecule has 2 saturated heterocycles. The molecule has 1 N–H and O–H groups in total. The third-order valence-corrected chi connectivity index (χ3v) is 4.41. The maximum Gasteiger partial charge on any atom is 0.270 e. The number of aromatic nitrogens is 1. The molecule has 2 aromatic heterocycles. The average molecular weight is 271 g/mol. The number of rotatable bonds is 2. The number of hydrogen-bond acceptors (Lipinski definition) is 4. The first-order chi connectivity index (χ1) is 9.69. The van der Waals surface area contributed by atoms with Crippen LogP contribution in [-0.2, 0) is 0 Å². The molecule has 104 valence electrons. The molecule has 2 aromatic rings. The van der Waals surface area contributed by atoms with E-state index in [0.29, 0.717) is 11.6 Å². The Kier molecular flexibility index (Phi) is 2.57. The zero-order valence-electron chi connectivity index (χ0n) is 11.4. The second kappa shape index (κ2) is 4.31. The fourth-order valence-corrected chi connectivity index (χ4v) is 3.39. The van der Waals surface area contributed by atoms with Crippen LogP contribution in [0.25, 0.3) is 11.0 Å². The van der Waals surface area contributed by atoms with E-state index >= 15 is 0 Å². The maximum atomic E-state index is 12.3. The summed E-state index contributed by atoms with van der Waals surface area (Å²) in [6.07, 6.45) is 2.82. The Morgan fingerprint density at radius 3 is 3.10 bits per heavy atom. The molecule has 2 bridgehead atoms. The summed E-state index contributed by atoms with van der Waals surface area (Å²) < 4.78 is 5.48. The van der Waals surface area contributed by atoms with Gasteiger partial charge in [0.2, 0.25) is 0 Å². The first-order valence-corrected chi connectivity index (χ1v) is 7.08. The summed E-state index contributed by atoms with van der Waals surface area (Å²) in [6, 6.07) is 4.01. The van der Waals surface area contributed by atoms with Crippen molar-refractivity contribution >= 4 is 16.9 Å². The van der Waals surface area contributed by atoms with Crippen LogP contribution in [-0.4, -0.2) is 41.5 Å². The van der Waals surface area contributed by atoms with Gasteiger partial charge in [-0.2, -0.15) is 0 Å². The van der Waals surface area contributed by atoms with Crippen molar-refractivity contribution in [3.63, 3.8) is 0 Å². The van der Waals surface area contributed by atoms with Crippen LogP contribution in [0.5, 0.6) is 0 Å². The minimum Gasteiger partial charge on any atom is -0.460 e. The summed E-state index contributed by atoms with van der Waals surface area (Å²) in [7, 11) is 0. The summed E-state index contributed by atoms with van der Waals surface area (Å²) in [6.45, 7) is 5.17. The summed E-state index contributed by atoms with van der Waals surface area (Å²) in [5.41, 5.74) is 1.20. The Labute approximate surface area is 117 Å². The summed E-state index contributed by atoms with van der Waals surface area (Å²) in [5, 5.41) is 4.05. The van der Waals surface area contributed by atoms with Crippen molar-refractivity contribution in [2.75, 3.05) is 19.6 Å². The quantitative estimate of drug-likeness (QED) is 0.900. The van der Waals surface area contributed by atoms with Crippen LogP contribution in [0.3, 0.4) is 0 Å². The highest BCUT2D eigenvalue weighted by Gasteiger charge is 2.38. The van der Waals surface area contributed by atoms with E-state index in [1.807, 2.05) is 13.0 Å². The zero-order valence-corrected chi connectivity index (χ0v) is 11.4. The van der Waals surface area contributed by atoms with Crippen molar-refractivity contribution in [3.05, 3.63) is 29.8 Å². The van der Waals surface area contributed by atoms with E-state index in [-0.39, 0.29) is 11.9 Å². The molecule has 0 spiro atoms. The Bertz CT molecular complexity index is 679. The molecule has 2 aliphatic rings. The molecule has 2 aliphatic heterocycles. The number of nitrogens with zero attached hydrogens (tertiary/aromatic N) is 2. The number of amides is 1. The third-order valence-electron chi connectivity index (χ3n) is 4.41. The molecule has 3 atom stereocenters. The molecule has 3 unspecified atom stereocenters. The Morgan fingerprint density at radius 1 is 1.45 bits per heavy atom. The monoisotopic (exact) mass is 271 g/mol. The van der Waals surface area contributed by atoms with Gasteiger partial charge in [0.15, 0.2) is 5.58 Å². The molecule has 0 radical (unpaired) electrons. The molecule has 0 saturated carbocycles. The number of hydrogen-bond donors (Lipinski definition) is 1. The second-order valence-electron chi connectivity index (χ2n) is 5.85. The smallest absolute Gasteiger partial charge is 0.270 e. The van der Waals surface area contributed by atoms with Crippen LogP contribution in [0.15, 0.2) is 22.7 Å². The highest BCUT2D eigenvalue weighted by atomic mass is 16.3. The van der Waals surface area contributed by atoms with Gasteiger partial charge in [0.1, 0.15) is 11.5 Å². The minimum absolute atomic E-state index is 0.0792. The van der Waals surface area contributed by atoms with Crippen LogP contribution in [0.2, 0.25) is 0 Å². The lowest BCUT2D eigenvalue weighted by Gasteiger charge is -2.22. The third kappa shape index (κ3) is 1.89. The molecule has 5 nitrogen and oxygen atoms in total. The van der Waals surface area contributed by atoms with Gasteiger partial charge in [-0.3, -0.25) is 4.79 Å². The van der Waals surface area contributed by atoms with E-state index in [9.17, 15) is 4.79 Å². The first-order valence-electron chi connectivity index (χ1n) is 7.08. The molecule has 20 heavy (non-hydrogen) atoms. The number of furan rings is 1. The second-order valence-corrected chi connectivity index (χ2v) is 5.85. The SMILES string of the molecule is Cc1cc2cc(C(=O)NC3CN4CCC3C4)ncc2o1. The van der Waals surface area contributed by atoms with Crippen molar-refractivity contribution in [1.29, 1.82) is 0 Å². The molecule has 4 rings (SSSR count). The molecule has 2 fully saturated rings. The first kappa shape index (κ1) is 11.9. The lowest BCUT2D eigenvalue weighted by molar-refractivity contribution is 0.0919. The van der Waals surface area contributed by atoms with E-state index in [2.05, 4.69) is 15.2 Å². The van der Waals surface area contributed by atoms with E-state index < -0.39 is 0 Å². The number of aryl methyl sites for hydroxylation is 1. The van der Waals surface area contributed by atoms with Gasteiger partial charge in [-0.25, -0.2) is 4.98 Å². The van der Waals surface area contributed by atoms with Gasteiger partial charge in [-0.05, 0) is 37.9 Å². The molecular weight excluding hydrogens is 254 g/mol. The lowest BCUT2D eigenvalue weighted by Crippen LogP contribution is -2.43. The average Bonchev–Trinajstić information content (AvgIpc) is 3.10. The molecule has 1 amide bonds. The van der Waals surface area contributed by atoms with Gasteiger partial charge in [0.05, 0.1) is 6.20 Å². The molecule has 4 heterocycles. The topological polar surface area (TPSA) is 58.4 Å². The largest absolute Gasteiger partial charge is 0.460 e. The van der Waals surface area contributed by atoms with Crippen LogP contribution >= 0.6 is 0 Å². The molecule has 0 aromatic carbocycles. The van der Waals surface area contributed by atoms with Gasteiger partial charge in [0.25, 0.3) is 5.91 Å². The van der Waals surface area contributed by atoms with E-state index in [0.717, 1.165) is 29.8 Å². The Hall–Kier alpha value is -1.88. The fourth-order valence-electron chi connectivity index (χ4n) is 3.39. The van der Waals surface area contributed by atoms with Crippen LogP contribution < -0.4 is 5.32 Å². The predicted octanol–water partition coefficient (Wildman–Crippen LogP) is 1.57. The van der Waals surface area contributed by atoms with Gasteiger partial charge in [0, 0.05) is 24.5 Å². The van der Waals surface area contributed by atoms with Crippen molar-refractivity contribution in [1.82, 2.24) is 15.2 Å². The van der Waals surface area contributed by atoms with Crippen molar-refractivity contribution in [2.45, 2.75) is 19.4 Å². The molecule has 5 heteroatoms. The summed E-state index contributed by atoms with van der Waals surface area (Å²) in [4.78, 5) is 18.9. The van der Waals surface area contributed by atoms with Gasteiger partial charge < -0.3 is 14.6 Å². The Balaban J connectivity index is 1.54. The van der Waals surface area contributed by atoms with Gasteiger partial charge in [-0.1, -0.05) is 0 Å². The number of nitrogens with one attached hydrogen (secondary N) is 1. The minimum atomic E-state index is -0.0792. The molecule has 0 aliphatic carbocycles. The number of carbonyl (C=O) groups is 1. The zero-order chi connectivity index (χ0) is 13.7. The fraction of sp³-hybridized carbons (Fsp3) is 0.467. The van der Waals surface area contributed by atoms with Crippen molar-refractivity contribution in [2.24, 2.45) is 5.92 Å². The predicted molar refractivity (Wildman–Crippen MR) is 74.5 cm³/mol. The lowest BCUT2D eigenvalue weighted by atomic mass is 10.00.